The topological polar surface area (TPSA) is 212 Å². The number of nitrogens with two attached hydrogens (primary N) is 1. The number of imide groups is 1. The number of hydrogen-bond donors (Lipinski definition) is 4. The van der Waals surface area contributed by atoms with Crippen LogP contribution in [0, 0.1) is 29.5 Å². The molecule has 5 N–H and O–H groups in total. The summed E-state index contributed by atoms with van der Waals surface area (Å²) in [6.45, 7) is 0.920. The number of aromatic hydroxyl groups is 1. The summed E-state index contributed by atoms with van der Waals surface area (Å²) in [6.07, 6.45) is 8.01. The van der Waals surface area contributed by atoms with Crippen LogP contribution in [-0.2, 0) is 23.7 Å². The van der Waals surface area contributed by atoms with Crippen LogP contribution in [0.3, 0.4) is 0 Å². The Kier molecular flexibility index (Phi) is 13.1. The molecule has 13 nitrogen and oxygen atoms in total. The second-order valence-corrected chi connectivity index (χ2v) is 15.0. The first kappa shape index (κ1) is 38.4. The van der Waals surface area contributed by atoms with E-state index in [9.17, 15) is 33.2 Å². The molecule has 0 bridgehead atoms. The van der Waals surface area contributed by atoms with Gasteiger partial charge in [0, 0.05) is 30.0 Å². The first-order valence-corrected chi connectivity index (χ1v) is 18.0. The van der Waals surface area contributed by atoms with Crippen molar-refractivity contribution < 1.29 is 48.0 Å². The van der Waals surface area contributed by atoms with Crippen molar-refractivity contribution in [2.75, 3.05) is 35.8 Å². The average Bonchev–Trinajstić information content (AvgIpc) is 3.29. The maximum absolute atomic E-state index is 14.7. The Hall–Kier alpha value is -4.05. The fraction of sp³-hybridized carbons (Fsp3) is 0.323. The third-order valence-corrected chi connectivity index (χ3v) is 9.47. The Labute approximate surface area is 291 Å². The van der Waals surface area contributed by atoms with Crippen molar-refractivity contribution in [2.45, 2.75) is 38.1 Å². The second-order valence-electron chi connectivity index (χ2n) is 10.8. The van der Waals surface area contributed by atoms with E-state index in [-0.39, 0.29) is 54.5 Å². The van der Waals surface area contributed by atoms with Gasteiger partial charge >= 0.3 is 5.97 Å². The Morgan fingerprint density at radius 2 is 1.69 bits per heavy atom. The van der Waals surface area contributed by atoms with Crippen LogP contribution in [0.4, 0.5) is 15.8 Å². The number of benzene rings is 2. The second kappa shape index (κ2) is 16.4. The number of carboxylic acid groups (broad SMARTS) is 1. The number of phenols is 1. The lowest BCUT2D eigenvalue weighted by Gasteiger charge is -2.29. The van der Waals surface area contributed by atoms with Gasteiger partial charge in [-0.2, -0.15) is 5.26 Å². The van der Waals surface area contributed by atoms with Gasteiger partial charge in [-0.3, -0.25) is 28.6 Å². The first-order valence-electron chi connectivity index (χ1n) is 14.2. The third kappa shape index (κ3) is 9.30. The summed E-state index contributed by atoms with van der Waals surface area (Å²) >= 11 is 6.21. The van der Waals surface area contributed by atoms with E-state index >= 15 is 0 Å². The van der Waals surface area contributed by atoms with E-state index in [0.29, 0.717) is 38.5 Å². The maximum Gasteiger partial charge on any atom is 0.320 e. The van der Waals surface area contributed by atoms with Gasteiger partial charge in [0.2, 0.25) is 0 Å². The van der Waals surface area contributed by atoms with E-state index < -0.39 is 37.0 Å². The maximum atomic E-state index is 14.7. The van der Waals surface area contributed by atoms with Crippen molar-refractivity contribution in [1.82, 2.24) is 0 Å². The Bertz CT molecular complexity index is 1760. The van der Waals surface area contributed by atoms with E-state index in [2.05, 4.69) is 37.8 Å². The van der Waals surface area contributed by atoms with E-state index in [1.54, 1.807) is 12.1 Å². The van der Waals surface area contributed by atoms with Crippen LogP contribution in [0.25, 0.3) is 0 Å². The van der Waals surface area contributed by atoms with Gasteiger partial charge in [-0.05, 0) is 82.2 Å². The zero-order chi connectivity index (χ0) is 35.9. The van der Waals surface area contributed by atoms with Crippen LogP contribution in [0.1, 0.15) is 37.7 Å². The van der Waals surface area contributed by atoms with Crippen molar-refractivity contribution in [3.63, 3.8) is 0 Å². The molecule has 1 aliphatic carbocycles. The number of carbonyl (C=O) groups excluding carboxylic acids is 3. The minimum Gasteiger partial charge on any atom is -0.506 e. The molecule has 5 rings (SSSR count). The number of anilines is 2. The molecule has 17 heteroatoms. The van der Waals surface area contributed by atoms with E-state index in [4.69, 9.17) is 32.2 Å². The normalized spacial score (nSPS) is 16.9. The summed E-state index contributed by atoms with van der Waals surface area (Å²) in [4.78, 5) is 58.4. The van der Waals surface area contributed by atoms with Gasteiger partial charge in [0.25, 0.3) is 17.7 Å². The number of amides is 3. The molecule has 0 saturated carbocycles. The van der Waals surface area contributed by atoms with Gasteiger partial charge in [0.15, 0.2) is 19.8 Å². The van der Waals surface area contributed by atoms with E-state index in [1.165, 1.54) is 17.6 Å². The van der Waals surface area contributed by atoms with Crippen LogP contribution < -0.4 is 20.3 Å². The molecule has 2 unspecified atom stereocenters. The predicted molar refractivity (Wildman–Crippen MR) is 180 cm³/mol. The molecule has 0 fully saturated rings. The Morgan fingerprint density at radius 1 is 1.12 bits per heavy atom. The Morgan fingerprint density at radius 3 is 2.17 bits per heavy atom. The number of fused-ring (bicyclic) bond motifs is 1. The highest BCUT2D eigenvalue weighted by Gasteiger charge is 2.41. The molecule has 2 aliphatic heterocycles. The zero-order valence-corrected chi connectivity index (χ0v) is 29.5. The number of hydrogen-bond acceptors (Lipinski definition) is 9. The summed E-state index contributed by atoms with van der Waals surface area (Å²) in [6, 6.07) is 6.41. The minimum absolute atomic E-state index is 0.0170. The standard InChI is InChI=1S/C19H15FN2O4.C7H3Br2NO.C5H12NO4P/c1-2-7-21-15-9-14(13(20)8-16(15)26-10-17(21)23)22-18(24)11-5-3-4-6-12(11)19(22)25;8-5-1-4(3-10)2-6(9)7(5)11;1-11(9,10)3-2-4(6)5(7)8/h1,8-9H,3-7,10H2;1-2,11H;4H,2-3,6H2,1H3,(H,7,8)(H,9,10). The predicted octanol–water partition coefficient (Wildman–Crippen LogP) is 4.41. The third-order valence-electron chi connectivity index (χ3n) is 7.17. The van der Waals surface area contributed by atoms with Crippen LogP contribution >= 0.6 is 39.2 Å². The molecule has 3 amide bonds. The molecule has 48 heavy (non-hydrogen) atoms. The molecule has 0 aromatic heterocycles. The van der Waals surface area contributed by atoms with Gasteiger partial charge in [-0.25, -0.2) is 9.29 Å². The Balaban J connectivity index is 0.000000236. The van der Waals surface area contributed by atoms with Crippen LogP contribution in [0.15, 0.2) is 44.4 Å². The molecule has 0 radical (unpaired) electrons. The number of terminal acetylenes is 1. The van der Waals surface area contributed by atoms with Crippen molar-refractivity contribution in [3.05, 3.63) is 55.7 Å². The van der Waals surface area contributed by atoms with Crippen molar-refractivity contribution >= 4 is 74.3 Å². The number of carboxylic acids is 1. The molecule has 2 aromatic rings. The number of phenolic OH excluding ortho intramolecular Hbond substituents is 1. The van der Waals surface area contributed by atoms with E-state index in [1.807, 2.05) is 6.07 Å². The molecular weight excluding hydrogens is 782 g/mol. The number of nitriles is 1. The number of rotatable bonds is 6. The van der Waals surface area contributed by atoms with Crippen molar-refractivity contribution in [3.8, 4) is 29.9 Å². The molecule has 0 spiro atoms. The summed E-state index contributed by atoms with van der Waals surface area (Å²) in [5, 5.41) is 26.0. The molecule has 0 saturated heterocycles. The van der Waals surface area contributed by atoms with Gasteiger partial charge < -0.3 is 25.6 Å². The van der Waals surface area contributed by atoms with Crippen LogP contribution in [0.5, 0.6) is 11.5 Å². The lowest BCUT2D eigenvalue weighted by atomic mass is 9.93. The summed E-state index contributed by atoms with van der Waals surface area (Å²) in [5.41, 5.74) is 6.59. The number of ether oxygens (including phenoxy) is 1. The number of carbonyl (C=O) groups is 4. The SMILES string of the molecule is C#CCN1C(=O)COc2cc(F)c(N3C(=O)C4=C(CCCC4)C3=O)cc21.CP(=O)(O)CCC(N)C(=O)O.N#Cc1cc(Br)c(O)c(Br)c1. The highest BCUT2D eigenvalue weighted by Crippen LogP contribution is 2.42. The highest BCUT2D eigenvalue weighted by atomic mass is 79.9. The monoisotopic (exact) mass is 810 g/mol. The highest BCUT2D eigenvalue weighted by molar-refractivity contribution is 9.11. The first-order chi connectivity index (χ1) is 22.5. The molecular formula is C31H30Br2FN4O9P. The molecule has 254 valence electrons. The smallest absolute Gasteiger partial charge is 0.320 e. The molecule has 2 aromatic carbocycles. The quantitative estimate of drug-likeness (QED) is 0.182. The zero-order valence-electron chi connectivity index (χ0n) is 25.4. The fourth-order valence-electron chi connectivity index (χ4n) is 4.74. The summed E-state index contributed by atoms with van der Waals surface area (Å²) in [5.74, 6) is -0.620. The number of aliphatic carboxylic acids is 1. The number of nitrogens with zero attached hydrogens (tertiary/aromatic N) is 3. The van der Waals surface area contributed by atoms with Gasteiger partial charge in [0.05, 0.1) is 38.5 Å². The van der Waals surface area contributed by atoms with Gasteiger partial charge in [-0.1, -0.05) is 5.92 Å². The van der Waals surface area contributed by atoms with Gasteiger partial charge in [-0.15, -0.1) is 6.42 Å². The van der Waals surface area contributed by atoms with E-state index in [0.717, 1.165) is 23.8 Å². The summed E-state index contributed by atoms with van der Waals surface area (Å²) < 4.78 is 31.6. The fourth-order valence-corrected chi connectivity index (χ4v) is 6.68. The van der Waals surface area contributed by atoms with Crippen molar-refractivity contribution in [1.29, 1.82) is 5.26 Å². The van der Waals surface area contributed by atoms with Crippen molar-refractivity contribution in [2.24, 2.45) is 5.73 Å². The summed E-state index contributed by atoms with van der Waals surface area (Å²) in [7, 11) is -3.10. The lowest BCUT2D eigenvalue weighted by Crippen LogP contribution is -2.39. The molecule has 2 heterocycles. The lowest BCUT2D eigenvalue weighted by molar-refractivity contribution is -0.138. The average molecular weight is 812 g/mol. The molecule has 2 atom stereocenters. The minimum atomic E-state index is -3.10. The van der Waals surface area contributed by atoms with Crippen LogP contribution in [-0.4, -0.2) is 70.8 Å². The van der Waals surface area contributed by atoms with Crippen LogP contribution in [0.2, 0.25) is 0 Å². The largest absolute Gasteiger partial charge is 0.506 e. The number of halogens is 3. The van der Waals surface area contributed by atoms with Gasteiger partial charge in [0.1, 0.15) is 17.5 Å². The molecule has 3 aliphatic rings.